The van der Waals surface area contributed by atoms with E-state index < -0.39 is 10.0 Å². The molecule has 1 spiro atoms. The second-order valence-corrected chi connectivity index (χ2v) is 9.91. The summed E-state index contributed by atoms with van der Waals surface area (Å²) < 4.78 is 26.4. The molecule has 0 N–H and O–H groups in total. The summed E-state index contributed by atoms with van der Waals surface area (Å²) in [4.78, 5) is 2.48. The van der Waals surface area contributed by atoms with Gasteiger partial charge in [-0.15, -0.1) is 0 Å². The van der Waals surface area contributed by atoms with Gasteiger partial charge in [0.1, 0.15) is 0 Å². The van der Waals surface area contributed by atoms with Crippen LogP contribution in [-0.2, 0) is 29.5 Å². The molecular weight excluding hydrogens is 344 g/mol. The monoisotopic (exact) mass is 370 g/mol. The zero-order valence-corrected chi connectivity index (χ0v) is 16.1. The fourth-order valence-electron chi connectivity index (χ4n) is 4.48. The van der Waals surface area contributed by atoms with Crippen molar-refractivity contribution < 1.29 is 8.42 Å². The standard InChI is InChI=1S/C21H26N2O2S/c1-26(24,25)23-15-20-10-6-5-9-19(20)13-21(17-23)11-12-22(16-21)14-18-7-3-2-4-8-18/h2-10H,11-17H2,1H3. The predicted molar refractivity (Wildman–Crippen MR) is 104 cm³/mol. The Kier molecular flexibility index (Phi) is 4.63. The van der Waals surface area contributed by atoms with Gasteiger partial charge in [-0.25, -0.2) is 8.42 Å². The highest BCUT2D eigenvalue weighted by Crippen LogP contribution is 2.39. The van der Waals surface area contributed by atoms with Gasteiger partial charge in [-0.1, -0.05) is 54.6 Å². The molecule has 2 aromatic carbocycles. The lowest BCUT2D eigenvalue weighted by atomic mass is 9.80. The third-order valence-corrected chi connectivity index (χ3v) is 6.97. The summed E-state index contributed by atoms with van der Waals surface area (Å²) in [6, 6.07) is 18.8. The molecule has 26 heavy (non-hydrogen) atoms. The second kappa shape index (κ2) is 6.80. The van der Waals surface area contributed by atoms with Crippen molar-refractivity contribution in [2.75, 3.05) is 25.9 Å². The van der Waals surface area contributed by atoms with E-state index in [2.05, 4.69) is 47.4 Å². The number of likely N-dealkylation sites (tertiary alicyclic amines) is 1. The molecule has 2 aliphatic heterocycles. The van der Waals surface area contributed by atoms with Gasteiger partial charge < -0.3 is 0 Å². The lowest BCUT2D eigenvalue weighted by Gasteiger charge is -2.32. The van der Waals surface area contributed by atoms with E-state index in [9.17, 15) is 8.42 Å². The van der Waals surface area contributed by atoms with Crippen LogP contribution in [0.1, 0.15) is 23.1 Å². The molecule has 1 atom stereocenters. The van der Waals surface area contributed by atoms with E-state index in [0.29, 0.717) is 13.1 Å². The van der Waals surface area contributed by atoms with E-state index in [4.69, 9.17) is 0 Å². The second-order valence-electron chi connectivity index (χ2n) is 7.92. The summed E-state index contributed by atoms with van der Waals surface area (Å²) in [5.74, 6) is 0. The third-order valence-electron chi connectivity index (χ3n) is 5.78. The number of hydrogen-bond acceptors (Lipinski definition) is 3. The Hall–Kier alpha value is -1.69. The van der Waals surface area contributed by atoms with Gasteiger partial charge in [0.25, 0.3) is 0 Å². The van der Waals surface area contributed by atoms with Gasteiger partial charge in [0.2, 0.25) is 10.0 Å². The maximum atomic E-state index is 12.4. The number of fused-ring (bicyclic) bond motifs is 1. The van der Waals surface area contributed by atoms with Crippen molar-refractivity contribution in [1.82, 2.24) is 9.21 Å². The topological polar surface area (TPSA) is 40.6 Å². The maximum Gasteiger partial charge on any atom is 0.211 e. The normalized spacial score (nSPS) is 24.5. The number of hydrogen-bond donors (Lipinski definition) is 0. The molecule has 0 bridgehead atoms. The average molecular weight is 371 g/mol. The van der Waals surface area contributed by atoms with Gasteiger partial charge >= 0.3 is 0 Å². The van der Waals surface area contributed by atoms with Crippen molar-refractivity contribution in [1.29, 1.82) is 0 Å². The fourth-order valence-corrected chi connectivity index (χ4v) is 5.36. The molecule has 0 aliphatic carbocycles. The van der Waals surface area contributed by atoms with Crippen LogP contribution in [0.3, 0.4) is 0 Å². The van der Waals surface area contributed by atoms with Gasteiger partial charge in [0.15, 0.2) is 0 Å². The van der Waals surface area contributed by atoms with E-state index >= 15 is 0 Å². The first kappa shape index (κ1) is 17.7. The van der Waals surface area contributed by atoms with Crippen LogP contribution in [0, 0.1) is 5.41 Å². The molecule has 2 aromatic rings. The molecule has 138 valence electrons. The van der Waals surface area contributed by atoms with Crippen molar-refractivity contribution in [2.45, 2.75) is 25.9 Å². The quantitative estimate of drug-likeness (QED) is 0.834. The molecule has 5 heteroatoms. The number of benzene rings is 2. The van der Waals surface area contributed by atoms with Crippen molar-refractivity contribution in [2.24, 2.45) is 5.41 Å². The Balaban J connectivity index is 1.60. The van der Waals surface area contributed by atoms with Gasteiger partial charge in [-0.3, -0.25) is 4.90 Å². The molecule has 4 nitrogen and oxygen atoms in total. The van der Waals surface area contributed by atoms with E-state index in [1.54, 1.807) is 4.31 Å². The predicted octanol–water partition coefficient (Wildman–Crippen LogP) is 2.90. The molecule has 0 saturated carbocycles. The van der Waals surface area contributed by atoms with Gasteiger partial charge in [0.05, 0.1) is 6.26 Å². The SMILES string of the molecule is CS(=O)(=O)N1Cc2ccccc2CC2(CCN(Cc3ccccc3)C2)C1. The summed E-state index contributed by atoms with van der Waals surface area (Å²) >= 11 is 0. The largest absolute Gasteiger partial charge is 0.298 e. The fraction of sp³-hybridized carbons (Fsp3) is 0.429. The van der Waals surface area contributed by atoms with Crippen LogP contribution in [0.15, 0.2) is 54.6 Å². The first-order valence-electron chi connectivity index (χ1n) is 9.22. The number of rotatable bonds is 3. The summed E-state index contributed by atoms with van der Waals surface area (Å²) in [5.41, 5.74) is 3.78. The Labute approximate surface area is 156 Å². The highest BCUT2D eigenvalue weighted by atomic mass is 32.2. The molecule has 1 unspecified atom stereocenters. The van der Waals surface area contributed by atoms with E-state index in [1.807, 2.05) is 12.1 Å². The minimum absolute atomic E-state index is 0.00443. The molecule has 0 radical (unpaired) electrons. The lowest BCUT2D eigenvalue weighted by Crippen LogP contribution is -2.41. The minimum atomic E-state index is -3.22. The van der Waals surface area contributed by atoms with Crippen molar-refractivity contribution >= 4 is 10.0 Å². The van der Waals surface area contributed by atoms with Crippen LogP contribution >= 0.6 is 0 Å². The highest BCUT2D eigenvalue weighted by molar-refractivity contribution is 7.88. The molecule has 4 rings (SSSR count). The third kappa shape index (κ3) is 3.70. The van der Waals surface area contributed by atoms with Crippen molar-refractivity contribution in [3.63, 3.8) is 0 Å². The first-order chi connectivity index (χ1) is 12.4. The molecule has 2 aliphatic rings. The van der Waals surface area contributed by atoms with Gasteiger partial charge in [-0.2, -0.15) is 4.31 Å². The average Bonchev–Trinajstić information content (AvgIpc) is 2.89. The molecular formula is C21H26N2O2S. The van der Waals surface area contributed by atoms with Crippen LogP contribution in [-0.4, -0.2) is 43.5 Å². The number of sulfonamides is 1. The van der Waals surface area contributed by atoms with Crippen molar-refractivity contribution in [3.05, 3.63) is 71.3 Å². The van der Waals surface area contributed by atoms with Gasteiger partial charge in [-0.05, 0) is 36.1 Å². The Morgan fingerprint density at radius 2 is 1.65 bits per heavy atom. The lowest BCUT2D eigenvalue weighted by molar-refractivity contribution is 0.207. The molecule has 1 saturated heterocycles. The van der Waals surface area contributed by atoms with Crippen LogP contribution in [0.25, 0.3) is 0 Å². The van der Waals surface area contributed by atoms with Crippen LogP contribution < -0.4 is 0 Å². The Morgan fingerprint density at radius 3 is 2.38 bits per heavy atom. The molecule has 0 aromatic heterocycles. The summed E-state index contributed by atoms with van der Waals surface area (Å²) in [5, 5.41) is 0. The van der Waals surface area contributed by atoms with Crippen LogP contribution in [0.5, 0.6) is 0 Å². The highest BCUT2D eigenvalue weighted by Gasteiger charge is 2.43. The van der Waals surface area contributed by atoms with Gasteiger partial charge in [0, 0.05) is 31.6 Å². The van der Waals surface area contributed by atoms with E-state index in [0.717, 1.165) is 38.0 Å². The van der Waals surface area contributed by atoms with E-state index in [1.165, 1.54) is 17.4 Å². The summed E-state index contributed by atoms with van der Waals surface area (Å²) in [6.07, 6.45) is 3.34. The number of nitrogens with zero attached hydrogens (tertiary/aromatic N) is 2. The van der Waals surface area contributed by atoms with Crippen LogP contribution in [0.2, 0.25) is 0 Å². The molecule has 0 amide bonds. The zero-order valence-electron chi connectivity index (χ0n) is 15.3. The Bertz CT molecular complexity index is 882. The minimum Gasteiger partial charge on any atom is -0.298 e. The first-order valence-corrected chi connectivity index (χ1v) is 11.1. The van der Waals surface area contributed by atoms with Crippen LogP contribution in [0.4, 0.5) is 0 Å². The maximum absolute atomic E-state index is 12.4. The molecule has 1 fully saturated rings. The summed E-state index contributed by atoms with van der Waals surface area (Å²) in [6.45, 7) is 4.02. The van der Waals surface area contributed by atoms with Crippen molar-refractivity contribution in [3.8, 4) is 0 Å². The van der Waals surface area contributed by atoms with E-state index in [-0.39, 0.29) is 5.41 Å². The molecule has 2 heterocycles. The zero-order chi connectivity index (χ0) is 18.2. The Morgan fingerprint density at radius 1 is 0.962 bits per heavy atom. The smallest absolute Gasteiger partial charge is 0.211 e. The summed E-state index contributed by atoms with van der Waals surface area (Å²) in [7, 11) is -3.22.